The molecule has 1 atom stereocenters. The Morgan fingerprint density at radius 3 is 2.10 bits per heavy atom. The van der Waals surface area contributed by atoms with Gasteiger partial charge in [-0.1, -0.05) is 0 Å². The minimum Gasteiger partial charge on any atom is -0.481 e. The fourth-order valence-corrected chi connectivity index (χ4v) is 6.31. The van der Waals surface area contributed by atoms with Gasteiger partial charge in [0.15, 0.2) is 0 Å². The predicted octanol–water partition coefficient (Wildman–Crippen LogP) is 2.00. The molecular weight excluding hydrogens is 264 g/mol. The Balaban J connectivity index is 1.49. The largest absolute Gasteiger partial charge is 0.481 e. The highest BCUT2D eigenvalue weighted by atomic mass is 16.4. The molecule has 4 aliphatic carbocycles. The van der Waals surface area contributed by atoms with Gasteiger partial charge in [0.1, 0.15) is 0 Å². The monoisotopic (exact) mass is 292 g/mol. The van der Waals surface area contributed by atoms with Crippen LogP contribution in [0.4, 0.5) is 0 Å². The van der Waals surface area contributed by atoms with Crippen molar-refractivity contribution in [3.63, 3.8) is 0 Å². The number of carbonyl (C=O) groups is 1. The second-order valence-corrected chi connectivity index (χ2v) is 8.60. The Labute approximate surface area is 127 Å². The Morgan fingerprint density at radius 1 is 1.19 bits per heavy atom. The van der Waals surface area contributed by atoms with Crippen LogP contribution in [-0.2, 0) is 4.79 Å². The molecule has 4 bridgehead atoms. The van der Waals surface area contributed by atoms with Crippen LogP contribution in [0.5, 0.6) is 0 Å². The molecule has 5 aliphatic rings. The quantitative estimate of drug-likeness (QED) is 0.725. The molecule has 0 aromatic heterocycles. The van der Waals surface area contributed by atoms with E-state index >= 15 is 0 Å². The van der Waals surface area contributed by atoms with Crippen LogP contribution in [0.3, 0.4) is 0 Å². The van der Waals surface area contributed by atoms with Crippen molar-refractivity contribution in [1.82, 2.24) is 10.6 Å². The number of hydrogen-bond acceptors (Lipinski definition) is 3. The molecule has 0 aromatic rings. The molecule has 21 heavy (non-hydrogen) atoms. The van der Waals surface area contributed by atoms with E-state index in [0.29, 0.717) is 11.5 Å². The molecular formula is C17H28N2O2. The van der Waals surface area contributed by atoms with Crippen LogP contribution < -0.4 is 10.6 Å². The standard InChI is InChI=1S/C17H28N2O2/c1-11(19-17(8-15(20)21)9-18-10-17)16-5-12-2-13(6-16)4-14(3-12)7-16/h11-14,18-19H,2-10H2,1H3,(H,20,21). The summed E-state index contributed by atoms with van der Waals surface area (Å²) in [4.78, 5) is 11.2. The minimum absolute atomic E-state index is 0.200. The zero-order valence-corrected chi connectivity index (χ0v) is 13.0. The lowest BCUT2D eigenvalue weighted by Crippen LogP contribution is -2.72. The molecule has 1 unspecified atom stereocenters. The third-order valence-corrected chi connectivity index (χ3v) is 6.94. The van der Waals surface area contributed by atoms with Crippen molar-refractivity contribution < 1.29 is 9.90 Å². The summed E-state index contributed by atoms with van der Waals surface area (Å²) in [5.41, 5.74) is 0.254. The molecule has 5 fully saturated rings. The average molecular weight is 292 g/mol. The van der Waals surface area contributed by atoms with Crippen LogP contribution in [0.15, 0.2) is 0 Å². The molecule has 1 saturated heterocycles. The van der Waals surface area contributed by atoms with Gasteiger partial charge < -0.3 is 15.7 Å². The summed E-state index contributed by atoms with van der Waals surface area (Å²) in [7, 11) is 0. The Kier molecular flexibility index (Phi) is 3.13. The molecule has 1 aliphatic heterocycles. The maximum Gasteiger partial charge on any atom is 0.305 e. The summed E-state index contributed by atoms with van der Waals surface area (Å²) >= 11 is 0. The summed E-state index contributed by atoms with van der Waals surface area (Å²) in [6.45, 7) is 3.93. The second-order valence-electron chi connectivity index (χ2n) is 8.60. The Morgan fingerprint density at radius 2 is 1.71 bits per heavy atom. The molecule has 4 nitrogen and oxygen atoms in total. The van der Waals surface area contributed by atoms with Gasteiger partial charge in [-0.15, -0.1) is 0 Å². The first-order chi connectivity index (χ1) is 9.99. The van der Waals surface area contributed by atoms with Crippen LogP contribution >= 0.6 is 0 Å². The highest BCUT2D eigenvalue weighted by Crippen LogP contribution is 2.61. The number of nitrogens with one attached hydrogen (secondary N) is 2. The van der Waals surface area contributed by atoms with Gasteiger partial charge in [0.2, 0.25) is 0 Å². The summed E-state index contributed by atoms with van der Waals surface area (Å²) in [5.74, 6) is 2.18. The molecule has 4 saturated carbocycles. The molecule has 1 heterocycles. The molecule has 0 spiro atoms. The van der Waals surface area contributed by atoms with Crippen LogP contribution in [0, 0.1) is 23.2 Å². The summed E-state index contributed by atoms with van der Waals surface area (Å²) < 4.78 is 0. The Bertz CT molecular complexity index is 409. The minimum atomic E-state index is -0.679. The van der Waals surface area contributed by atoms with Crippen LogP contribution in [0.25, 0.3) is 0 Å². The van der Waals surface area contributed by atoms with Crippen LogP contribution in [-0.4, -0.2) is 35.7 Å². The van der Waals surface area contributed by atoms with Crippen molar-refractivity contribution in [3.05, 3.63) is 0 Å². The lowest BCUT2D eigenvalue weighted by molar-refractivity contribution is -0.140. The SMILES string of the molecule is CC(NC1(CC(=O)O)CNC1)C12CC3CC(CC(C3)C1)C2. The van der Waals surface area contributed by atoms with Crippen molar-refractivity contribution in [2.45, 2.75) is 63.5 Å². The molecule has 0 radical (unpaired) electrons. The van der Waals surface area contributed by atoms with Crippen molar-refractivity contribution in [3.8, 4) is 0 Å². The van der Waals surface area contributed by atoms with E-state index in [1.54, 1.807) is 0 Å². The van der Waals surface area contributed by atoms with Crippen molar-refractivity contribution >= 4 is 5.97 Å². The summed E-state index contributed by atoms with van der Waals surface area (Å²) in [6.07, 6.45) is 8.78. The predicted molar refractivity (Wildman–Crippen MR) is 81.1 cm³/mol. The van der Waals surface area contributed by atoms with Gasteiger partial charge in [0, 0.05) is 19.1 Å². The molecule has 0 aromatic carbocycles. The lowest BCUT2D eigenvalue weighted by Gasteiger charge is -2.60. The topological polar surface area (TPSA) is 61.4 Å². The van der Waals surface area contributed by atoms with Gasteiger partial charge in [-0.3, -0.25) is 4.79 Å². The maximum atomic E-state index is 11.2. The van der Waals surface area contributed by atoms with Crippen LogP contribution in [0.1, 0.15) is 51.9 Å². The molecule has 4 heteroatoms. The first-order valence-electron chi connectivity index (χ1n) is 8.69. The normalized spacial score (nSPS) is 44.3. The maximum absolute atomic E-state index is 11.2. The first kappa shape index (κ1) is 14.0. The molecule has 3 N–H and O–H groups in total. The second kappa shape index (κ2) is 4.69. The van der Waals surface area contributed by atoms with Gasteiger partial charge in [0.25, 0.3) is 0 Å². The third-order valence-electron chi connectivity index (χ3n) is 6.94. The Hall–Kier alpha value is -0.610. The van der Waals surface area contributed by atoms with Gasteiger partial charge in [-0.25, -0.2) is 0 Å². The number of carboxylic acids is 1. The first-order valence-corrected chi connectivity index (χ1v) is 8.69. The van der Waals surface area contributed by atoms with Crippen molar-refractivity contribution in [1.29, 1.82) is 0 Å². The van der Waals surface area contributed by atoms with Crippen molar-refractivity contribution in [2.75, 3.05) is 13.1 Å². The highest BCUT2D eigenvalue weighted by Gasteiger charge is 2.54. The van der Waals surface area contributed by atoms with E-state index in [4.69, 9.17) is 0 Å². The number of aliphatic carboxylic acids is 1. The highest BCUT2D eigenvalue weighted by molar-refractivity contribution is 5.68. The van der Waals surface area contributed by atoms with E-state index in [0.717, 1.165) is 30.8 Å². The van der Waals surface area contributed by atoms with Gasteiger partial charge in [-0.2, -0.15) is 0 Å². The van der Waals surface area contributed by atoms with E-state index in [2.05, 4.69) is 17.6 Å². The van der Waals surface area contributed by atoms with Gasteiger partial charge in [0.05, 0.1) is 12.0 Å². The van der Waals surface area contributed by atoms with Gasteiger partial charge in [-0.05, 0) is 68.6 Å². The fraction of sp³-hybridized carbons (Fsp3) is 0.941. The summed E-state index contributed by atoms with van der Waals surface area (Å²) in [5, 5.41) is 16.2. The van der Waals surface area contributed by atoms with E-state index in [1.165, 1.54) is 38.5 Å². The van der Waals surface area contributed by atoms with Crippen LogP contribution in [0.2, 0.25) is 0 Å². The van der Waals surface area contributed by atoms with E-state index in [9.17, 15) is 9.90 Å². The molecule has 118 valence electrons. The zero-order chi connectivity index (χ0) is 14.7. The average Bonchev–Trinajstić information content (AvgIpc) is 2.33. The smallest absolute Gasteiger partial charge is 0.305 e. The fourth-order valence-electron chi connectivity index (χ4n) is 6.31. The number of carboxylic acid groups (broad SMARTS) is 1. The lowest BCUT2D eigenvalue weighted by atomic mass is 9.47. The molecule has 0 amide bonds. The third kappa shape index (κ3) is 2.31. The van der Waals surface area contributed by atoms with E-state index < -0.39 is 5.97 Å². The number of rotatable bonds is 5. The van der Waals surface area contributed by atoms with E-state index in [1.807, 2.05) is 0 Å². The zero-order valence-electron chi connectivity index (χ0n) is 13.0. The number of hydrogen-bond donors (Lipinski definition) is 3. The van der Waals surface area contributed by atoms with E-state index in [-0.39, 0.29) is 12.0 Å². The van der Waals surface area contributed by atoms with Crippen molar-refractivity contribution in [2.24, 2.45) is 23.2 Å². The molecule has 5 rings (SSSR count). The summed E-state index contributed by atoms with van der Waals surface area (Å²) in [6, 6.07) is 0.451. The van der Waals surface area contributed by atoms with Gasteiger partial charge >= 0.3 is 5.97 Å².